The van der Waals surface area contributed by atoms with Gasteiger partial charge in [-0.1, -0.05) is 65.7 Å². The Morgan fingerprint density at radius 2 is 1.43 bits per heavy atom. The van der Waals surface area contributed by atoms with Crippen LogP contribution in [0.3, 0.4) is 0 Å². The molecule has 7 heteroatoms. The molecule has 0 bridgehead atoms. The average molecular weight is 531 g/mol. The van der Waals surface area contributed by atoms with Crippen molar-refractivity contribution in [1.82, 2.24) is 0 Å². The van der Waals surface area contributed by atoms with Crippen molar-refractivity contribution in [2.24, 2.45) is 0 Å². The number of nitrogens with zero attached hydrogens (tertiary/aromatic N) is 1. The maximum atomic E-state index is 13.6. The van der Waals surface area contributed by atoms with Gasteiger partial charge < -0.3 is 5.32 Å². The number of sulfonamides is 1. The number of anilines is 2. The third-order valence-corrected chi connectivity index (χ3v) is 8.80. The first-order valence-corrected chi connectivity index (χ1v) is 14.4. The molecule has 0 saturated carbocycles. The number of rotatable bonds is 9. The molecular formula is C30H30N2O3S2. The van der Waals surface area contributed by atoms with Crippen LogP contribution in [-0.2, 0) is 20.6 Å². The Bertz CT molecular complexity index is 1470. The zero-order chi connectivity index (χ0) is 26.4. The quantitative estimate of drug-likeness (QED) is 0.244. The molecule has 0 fully saturated rings. The molecule has 0 aliphatic rings. The van der Waals surface area contributed by atoms with Gasteiger partial charge >= 0.3 is 0 Å². The summed E-state index contributed by atoms with van der Waals surface area (Å²) >= 11 is 1.75. The van der Waals surface area contributed by atoms with Crippen LogP contribution in [0.1, 0.15) is 22.3 Å². The fourth-order valence-electron chi connectivity index (χ4n) is 3.82. The lowest BCUT2D eigenvalue weighted by Gasteiger charge is -2.24. The van der Waals surface area contributed by atoms with Crippen molar-refractivity contribution in [1.29, 1.82) is 0 Å². The monoisotopic (exact) mass is 530 g/mol. The number of carbonyl (C=O) groups is 1. The van der Waals surface area contributed by atoms with Crippen LogP contribution >= 0.6 is 11.8 Å². The molecule has 0 aliphatic carbocycles. The Kier molecular flexibility index (Phi) is 8.36. The average Bonchev–Trinajstić information content (AvgIpc) is 2.89. The molecule has 4 aromatic rings. The lowest BCUT2D eigenvalue weighted by atomic mass is 10.1. The number of hydrogen-bond acceptors (Lipinski definition) is 4. The largest absolute Gasteiger partial charge is 0.324 e. The van der Waals surface area contributed by atoms with E-state index in [9.17, 15) is 13.2 Å². The minimum absolute atomic E-state index is 0.142. The number of carbonyl (C=O) groups excluding carboxylic acids is 1. The van der Waals surface area contributed by atoms with E-state index in [1.54, 1.807) is 48.2 Å². The summed E-state index contributed by atoms with van der Waals surface area (Å²) in [5.41, 5.74) is 5.12. The van der Waals surface area contributed by atoms with Crippen molar-refractivity contribution in [3.63, 3.8) is 0 Å². The topological polar surface area (TPSA) is 66.5 Å². The van der Waals surface area contributed by atoms with E-state index in [4.69, 9.17) is 0 Å². The van der Waals surface area contributed by atoms with E-state index in [-0.39, 0.29) is 11.4 Å². The van der Waals surface area contributed by atoms with E-state index in [1.165, 1.54) is 4.90 Å². The van der Waals surface area contributed by atoms with Crippen molar-refractivity contribution < 1.29 is 13.2 Å². The molecule has 190 valence electrons. The molecule has 0 aromatic heterocycles. The molecule has 0 unspecified atom stereocenters. The number of benzene rings is 4. The fourth-order valence-corrected chi connectivity index (χ4v) is 6.11. The second-order valence-electron chi connectivity index (χ2n) is 8.96. The van der Waals surface area contributed by atoms with Crippen LogP contribution < -0.4 is 9.62 Å². The van der Waals surface area contributed by atoms with Gasteiger partial charge in [-0.15, -0.1) is 11.8 Å². The van der Waals surface area contributed by atoms with Crippen LogP contribution in [0.2, 0.25) is 0 Å². The van der Waals surface area contributed by atoms with Crippen LogP contribution in [0.25, 0.3) is 0 Å². The predicted octanol–water partition coefficient (Wildman–Crippen LogP) is 6.74. The van der Waals surface area contributed by atoms with Gasteiger partial charge in [-0.25, -0.2) is 8.42 Å². The SMILES string of the molecule is Cc1ccc(N(CC(=O)Nc2ccc(CSc3ccccc3)cc2C)S(=O)(=O)c2ccc(C)cc2)cc1. The van der Waals surface area contributed by atoms with Gasteiger partial charge in [0.05, 0.1) is 10.6 Å². The molecular weight excluding hydrogens is 500 g/mol. The maximum absolute atomic E-state index is 13.6. The second-order valence-corrected chi connectivity index (χ2v) is 11.9. The third-order valence-electron chi connectivity index (χ3n) is 5.93. The minimum Gasteiger partial charge on any atom is -0.324 e. The Hall–Kier alpha value is -3.55. The second kappa shape index (κ2) is 11.7. The summed E-state index contributed by atoms with van der Waals surface area (Å²) < 4.78 is 28.3. The molecule has 0 radical (unpaired) electrons. The Morgan fingerprint density at radius 3 is 2.05 bits per heavy atom. The lowest BCUT2D eigenvalue weighted by Crippen LogP contribution is -2.38. The summed E-state index contributed by atoms with van der Waals surface area (Å²) in [6.45, 7) is 5.42. The molecule has 0 heterocycles. The summed E-state index contributed by atoms with van der Waals surface area (Å²) in [7, 11) is -3.95. The van der Waals surface area contributed by atoms with Gasteiger partial charge in [0, 0.05) is 16.3 Å². The molecule has 37 heavy (non-hydrogen) atoms. The standard InChI is InChI=1S/C30H30N2O3S2/c1-22-9-14-26(15-10-22)32(37(34,35)28-16-11-23(2)12-17-28)20-30(33)31-29-18-13-25(19-24(29)3)21-36-27-7-5-4-6-8-27/h4-19H,20-21H2,1-3H3,(H,31,33). The van der Waals surface area contributed by atoms with E-state index in [2.05, 4.69) is 17.4 Å². The number of hydrogen-bond donors (Lipinski definition) is 1. The summed E-state index contributed by atoms with van der Waals surface area (Å²) in [6.07, 6.45) is 0. The van der Waals surface area contributed by atoms with Gasteiger partial charge in [0.2, 0.25) is 5.91 Å². The van der Waals surface area contributed by atoms with Gasteiger partial charge in [-0.3, -0.25) is 9.10 Å². The van der Waals surface area contributed by atoms with Crippen LogP contribution in [0.4, 0.5) is 11.4 Å². The van der Waals surface area contributed by atoms with E-state index in [0.29, 0.717) is 11.4 Å². The molecule has 1 N–H and O–H groups in total. The summed E-state index contributed by atoms with van der Waals surface area (Å²) in [4.78, 5) is 14.5. The van der Waals surface area contributed by atoms with E-state index >= 15 is 0 Å². The van der Waals surface area contributed by atoms with Crippen LogP contribution in [-0.4, -0.2) is 20.9 Å². The molecule has 5 nitrogen and oxygen atoms in total. The lowest BCUT2D eigenvalue weighted by molar-refractivity contribution is -0.114. The first kappa shape index (κ1) is 26.5. The highest BCUT2D eigenvalue weighted by Gasteiger charge is 2.27. The van der Waals surface area contributed by atoms with Crippen molar-refractivity contribution >= 4 is 39.1 Å². The highest BCUT2D eigenvalue weighted by molar-refractivity contribution is 7.98. The molecule has 0 atom stereocenters. The van der Waals surface area contributed by atoms with Crippen LogP contribution in [0.15, 0.2) is 107 Å². The fraction of sp³-hybridized carbons (Fsp3) is 0.167. The van der Waals surface area contributed by atoms with E-state index in [0.717, 1.165) is 32.3 Å². The maximum Gasteiger partial charge on any atom is 0.264 e. The van der Waals surface area contributed by atoms with Gasteiger partial charge in [0.25, 0.3) is 10.0 Å². The number of nitrogens with one attached hydrogen (secondary N) is 1. The highest BCUT2D eigenvalue weighted by atomic mass is 32.2. The summed E-state index contributed by atoms with van der Waals surface area (Å²) in [5, 5.41) is 2.90. The van der Waals surface area contributed by atoms with Crippen molar-refractivity contribution in [2.45, 2.75) is 36.3 Å². The van der Waals surface area contributed by atoms with Crippen molar-refractivity contribution in [2.75, 3.05) is 16.2 Å². The smallest absolute Gasteiger partial charge is 0.264 e. The van der Waals surface area contributed by atoms with Gasteiger partial charge in [-0.2, -0.15) is 0 Å². The van der Waals surface area contributed by atoms with E-state index in [1.807, 2.05) is 69.3 Å². The first-order chi connectivity index (χ1) is 17.7. The zero-order valence-corrected chi connectivity index (χ0v) is 22.8. The molecule has 1 amide bonds. The van der Waals surface area contributed by atoms with Gasteiger partial charge in [-0.05, 0) is 74.4 Å². The molecule has 0 aliphatic heterocycles. The van der Waals surface area contributed by atoms with Crippen LogP contribution in [0.5, 0.6) is 0 Å². The predicted molar refractivity (Wildman–Crippen MR) is 153 cm³/mol. The zero-order valence-electron chi connectivity index (χ0n) is 21.1. The number of amides is 1. The minimum atomic E-state index is -3.95. The number of thioether (sulfide) groups is 1. The van der Waals surface area contributed by atoms with Gasteiger partial charge in [0.1, 0.15) is 6.54 Å². The van der Waals surface area contributed by atoms with Gasteiger partial charge in [0.15, 0.2) is 0 Å². The molecule has 4 rings (SSSR count). The number of aryl methyl sites for hydroxylation is 3. The third kappa shape index (κ3) is 6.81. The normalized spacial score (nSPS) is 11.2. The summed E-state index contributed by atoms with van der Waals surface area (Å²) in [6, 6.07) is 29.9. The molecule has 0 saturated heterocycles. The molecule has 0 spiro atoms. The van der Waals surface area contributed by atoms with Crippen molar-refractivity contribution in [3.8, 4) is 0 Å². The van der Waals surface area contributed by atoms with Crippen LogP contribution in [0, 0.1) is 20.8 Å². The Morgan fingerprint density at radius 1 is 0.811 bits per heavy atom. The molecule has 4 aromatic carbocycles. The van der Waals surface area contributed by atoms with Crippen molar-refractivity contribution in [3.05, 3.63) is 119 Å². The van der Waals surface area contributed by atoms with E-state index < -0.39 is 15.9 Å². The Balaban J connectivity index is 1.51. The first-order valence-electron chi connectivity index (χ1n) is 12.0. The highest BCUT2D eigenvalue weighted by Crippen LogP contribution is 2.27. The Labute approximate surface area is 223 Å². The summed E-state index contributed by atoms with van der Waals surface area (Å²) in [5.74, 6) is 0.403.